The lowest BCUT2D eigenvalue weighted by atomic mass is 10.2. The van der Waals surface area contributed by atoms with E-state index >= 15 is 0 Å². The molecule has 0 radical (unpaired) electrons. The Morgan fingerprint density at radius 2 is 1.91 bits per heavy atom. The largest absolute Gasteiger partial charge is 0.497 e. The van der Waals surface area contributed by atoms with Crippen LogP contribution in [-0.2, 0) is 13.1 Å². The van der Waals surface area contributed by atoms with E-state index in [1.54, 1.807) is 37.4 Å². The molecule has 0 aliphatic carbocycles. The summed E-state index contributed by atoms with van der Waals surface area (Å²) < 4.78 is 5.12. The summed E-state index contributed by atoms with van der Waals surface area (Å²) in [6, 6.07) is 14.3. The fourth-order valence-corrected chi connectivity index (χ4v) is 3.94. The van der Waals surface area contributed by atoms with Crippen molar-refractivity contribution in [1.82, 2.24) is 25.1 Å². The first-order valence-corrected chi connectivity index (χ1v) is 10.9. The molecule has 0 spiro atoms. The average molecular weight is 451 g/mol. The van der Waals surface area contributed by atoms with Crippen LogP contribution in [0.15, 0.2) is 53.3 Å². The summed E-state index contributed by atoms with van der Waals surface area (Å²) in [5.74, 6) is 0.975. The van der Waals surface area contributed by atoms with Crippen molar-refractivity contribution >= 4 is 33.8 Å². The minimum atomic E-state index is -0.317. The number of H-pyrrole nitrogens is 1. The molecule has 2 N–H and O–H groups in total. The molecule has 0 fully saturated rings. The van der Waals surface area contributed by atoms with Gasteiger partial charge in [0, 0.05) is 5.69 Å². The second-order valence-electron chi connectivity index (χ2n) is 7.02. The predicted molar refractivity (Wildman–Crippen MR) is 123 cm³/mol. The molecule has 2 heterocycles. The molecular formula is C22H22N6O3S. The fraction of sp³-hybridized carbons (Fsp3) is 0.227. The summed E-state index contributed by atoms with van der Waals surface area (Å²) >= 11 is 1.23. The maximum absolute atomic E-state index is 12.5. The quantitative estimate of drug-likeness (QED) is 0.424. The van der Waals surface area contributed by atoms with Gasteiger partial charge in [-0.25, -0.2) is 4.98 Å². The van der Waals surface area contributed by atoms with E-state index in [0.29, 0.717) is 52.8 Å². The van der Waals surface area contributed by atoms with Crippen LogP contribution in [0, 0.1) is 0 Å². The second-order valence-corrected chi connectivity index (χ2v) is 8.08. The number of amides is 1. The molecule has 4 rings (SSSR count). The number of nitrogens with one attached hydrogen (secondary N) is 2. The van der Waals surface area contributed by atoms with Gasteiger partial charge in [0.05, 0.1) is 31.1 Å². The molecule has 2 aromatic heterocycles. The standard InChI is InChI=1S/C22H22N6O3S/c1-3-28(12-18-24-17-7-5-4-6-16(17)20(29)25-18)13-19-26-27-22(32-19)21(30)23-14-8-10-15(31-2)11-9-14/h4-11H,3,12-13H2,1-2H3,(H,23,30)(H,24,25,29). The van der Waals surface area contributed by atoms with Crippen molar-refractivity contribution in [2.45, 2.75) is 20.0 Å². The summed E-state index contributed by atoms with van der Waals surface area (Å²) in [7, 11) is 1.59. The zero-order valence-corrected chi connectivity index (χ0v) is 18.5. The van der Waals surface area contributed by atoms with Crippen LogP contribution in [0.3, 0.4) is 0 Å². The fourth-order valence-electron chi connectivity index (χ4n) is 3.16. The molecule has 1 amide bonds. The highest BCUT2D eigenvalue weighted by Crippen LogP contribution is 2.18. The maximum Gasteiger partial charge on any atom is 0.286 e. The summed E-state index contributed by atoms with van der Waals surface area (Å²) in [6.07, 6.45) is 0. The average Bonchev–Trinajstić information content (AvgIpc) is 3.28. The number of methoxy groups -OCH3 is 1. The van der Waals surface area contributed by atoms with Crippen molar-refractivity contribution in [1.29, 1.82) is 0 Å². The smallest absolute Gasteiger partial charge is 0.286 e. The number of hydrogen-bond acceptors (Lipinski definition) is 8. The van der Waals surface area contributed by atoms with Crippen molar-refractivity contribution in [3.05, 3.63) is 74.7 Å². The van der Waals surface area contributed by atoms with E-state index in [9.17, 15) is 9.59 Å². The van der Waals surface area contributed by atoms with Crippen LogP contribution in [0.1, 0.15) is 27.6 Å². The summed E-state index contributed by atoms with van der Waals surface area (Å²) in [5, 5.41) is 12.5. The van der Waals surface area contributed by atoms with Gasteiger partial charge in [-0.1, -0.05) is 30.4 Å². The van der Waals surface area contributed by atoms with Gasteiger partial charge in [0.1, 0.15) is 16.6 Å². The van der Waals surface area contributed by atoms with Crippen molar-refractivity contribution in [2.75, 3.05) is 19.0 Å². The maximum atomic E-state index is 12.5. The van der Waals surface area contributed by atoms with Crippen molar-refractivity contribution in [3.63, 3.8) is 0 Å². The molecule has 0 aliphatic heterocycles. The van der Waals surface area contributed by atoms with Gasteiger partial charge in [-0.15, -0.1) is 10.2 Å². The number of aromatic amines is 1. The summed E-state index contributed by atoms with van der Waals surface area (Å²) in [5.41, 5.74) is 1.15. The third-order valence-electron chi connectivity index (χ3n) is 4.85. The molecule has 0 aliphatic rings. The number of anilines is 1. The molecule has 0 saturated heterocycles. The lowest BCUT2D eigenvalue weighted by Gasteiger charge is -2.18. The minimum absolute atomic E-state index is 0.157. The number of rotatable bonds is 8. The first kappa shape index (κ1) is 21.6. The number of carbonyl (C=O) groups is 1. The topological polar surface area (TPSA) is 113 Å². The Morgan fingerprint density at radius 1 is 1.12 bits per heavy atom. The van der Waals surface area contributed by atoms with Crippen molar-refractivity contribution < 1.29 is 9.53 Å². The predicted octanol–water partition coefficient (Wildman–Crippen LogP) is 3.06. The third-order valence-corrected chi connectivity index (χ3v) is 5.76. The monoisotopic (exact) mass is 450 g/mol. The molecule has 10 heteroatoms. The SMILES string of the molecule is CCN(Cc1nc2ccccc2c(=O)[nH]1)Cc1nnc(C(=O)Nc2ccc(OC)cc2)s1. The number of benzene rings is 2. The highest BCUT2D eigenvalue weighted by atomic mass is 32.1. The van der Waals surface area contributed by atoms with E-state index in [0.717, 1.165) is 0 Å². The number of nitrogens with zero attached hydrogens (tertiary/aromatic N) is 4. The lowest BCUT2D eigenvalue weighted by molar-refractivity contribution is 0.102. The molecule has 0 atom stereocenters. The number of ether oxygens (including phenoxy) is 1. The number of hydrogen-bond donors (Lipinski definition) is 2. The second kappa shape index (κ2) is 9.67. The van der Waals surface area contributed by atoms with Crippen LogP contribution >= 0.6 is 11.3 Å². The normalized spacial score (nSPS) is 11.1. The Labute approximate surface area is 188 Å². The first-order chi connectivity index (χ1) is 15.6. The summed E-state index contributed by atoms with van der Waals surface area (Å²) in [6.45, 7) is 3.66. The number of aromatic nitrogens is 4. The number of fused-ring (bicyclic) bond motifs is 1. The molecule has 164 valence electrons. The Hall–Kier alpha value is -3.63. The molecular weight excluding hydrogens is 428 g/mol. The van der Waals surface area contributed by atoms with Crippen LogP contribution in [0.4, 0.5) is 5.69 Å². The van der Waals surface area contributed by atoms with Gasteiger partial charge < -0.3 is 15.0 Å². The molecule has 0 saturated carbocycles. The van der Waals surface area contributed by atoms with Gasteiger partial charge in [0.2, 0.25) is 5.01 Å². The molecule has 9 nitrogen and oxygen atoms in total. The van der Waals surface area contributed by atoms with Crippen LogP contribution in [0.5, 0.6) is 5.75 Å². The van der Waals surface area contributed by atoms with E-state index in [4.69, 9.17) is 4.74 Å². The van der Waals surface area contributed by atoms with E-state index in [2.05, 4.69) is 30.4 Å². The summed E-state index contributed by atoms with van der Waals surface area (Å²) in [4.78, 5) is 34.3. The molecule has 0 bridgehead atoms. The van der Waals surface area contributed by atoms with E-state index in [1.807, 2.05) is 25.1 Å². The first-order valence-electron chi connectivity index (χ1n) is 10.0. The van der Waals surface area contributed by atoms with Gasteiger partial charge in [-0.05, 0) is 42.9 Å². The molecule has 2 aromatic carbocycles. The zero-order chi connectivity index (χ0) is 22.5. The van der Waals surface area contributed by atoms with Crippen molar-refractivity contribution in [2.24, 2.45) is 0 Å². The van der Waals surface area contributed by atoms with Gasteiger partial charge in [0.25, 0.3) is 11.5 Å². The number of carbonyl (C=O) groups excluding carboxylic acids is 1. The third kappa shape index (κ3) is 4.98. The Morgan fingerprint density at radius 3 is 2.66 bits per heavy atom. The van der Waals surface area contributed by atoms with E-state index in [-0.39, 0.29) is 16.5 Å². The molecule has 32 heavy (non-hydrogen) atoms. The number of para-hydroxylation sites is 1. The van der Waals surface area contributed by atoms with Crippen LogP contribution in [0.2, 0.25) is 0 Å². The van der Waals surface area contributed by atoms with Gasteiger partial charge in [0.15, 0.2) is 0 Å². The van der Waals surface area contributed by atoms with Crippen LogP contribution < -0.4 is 15.6 Å². The van der Waals surface area contributed by atoms with E-state index < -0.39 is 0 Å². The Kier molecular flexibility index (Phi) is 6.52. The Bertz CT molecular complexity index is 1280. The molecule has 4 aromatic rings. The van der Waals surface area contributed by atoms with Gasteiger partial charge in [-0.3, -0.25) is 14.5 Å². The lowest BCUT2D eigenvalue weighted by Crippen LogP contribution is -2.25. The molecule has 0 unspecified atom stereocenters. The van der Waals surface area contributed by atoms with Gasteiger partial charge >= 0.3 is 0 Å². The highest BCUT2D eigenvalue weighted by molar-refractivity contribution is 7.13. The van der Waals surface area contributed by atoms with Crippen LogP contribution in [0.25, 0.3) is 10.9 Å². The van der Waals surface area contributed by atoms with Crippen LogP contribution in [-0.4, -0.2) is 44.6 Å². The minimum Gasteiger partial charge on any atom is -0.497 e. The highest BCUT2D eigenvalue weighted by Gasteiger charge is 2.16. The Balaban J connectivity index is 1.42. The van der Waals surface area contributed by atoms with Gasteiger partial charge in [-0.2, -0.15) is 0 Å². The van der Waals surface area contributed by atoms with E-state index in [1.165, 1.54) is 11.3 Å². The zero-order valence-electron chi connectivity index (χ0n) is 17.7. The van der Waals surface area contributed by atoms with Crippen molar-refractivity contribution in [3.8, 4) is 5.75 Å².